The fourth-order valence-electron chi connectivity index (χ4n) is 4.38. The molecule has 1 fully saturated rings. The highest BCUT2D eigenvalue weighted by atomic mass is 35.5. The van der Waals surface area contributed by atoms with Crippen molar-refractivity contribution in [1.82, 2.24) is 14.3 Å². The van der Waals surface area contributed by atoms with Gasteiger partial charge in [0.15, 0.2) is 0 Å². The summed E-state index contributed by atoms with van der Waals surface area (Å²) in [5, 5.41) is 0.465. The van der Waals surface area contributed by atoms with Crippen molar-refractivity contribution in [2.24, 2.45) is 5.92 Å². The summed E-state index contributed by atoms with van der Waals surface area (Å²) in [5.74, 6) is 1.34. The average Bonchev–Trinajstić information content (AvgIpc) is 2.84. The maximum Gasteiger partial charge on any atom is 0.243 e. The summed E-state index contributed by atoms with van der Waals surface area (Å²) in [5.41, 5.74) is 1.34. The van der Waals surface area contributed by atoms with Gasteiger partial charge in [-0.15, -0.1) is 0 Å². The molecule has 0 N–H and O–H groups in total. The second-order valence-electron chi connectivity index (χ2n) is 9.03. The molecule has 0 amide bonds. The van der Waals surface area contributed by atoms with Crippen molar-refractivity contribution in [2.45, 2.75) is 37.6 Å². The number of piperidine rings is 1. The first-order valence-electron chi connectivity index (χ1n) is 11.6. The van der Waals surface area contributed by atoms with Crippen LogP contribution in [0.2, 0.25) is 5.02 Å². The van der Waals surface area contributed by atoms with Gasteiger partial charge in [0.1, 0.15) is 11.6 Å². The molecule has 1 aromatic heterocycles. The first-order valence-corrected chi connectivity index (χ1v) is 13.5. The number of fused-ring (bicyclic) bond motifs is 1. The van der Waals surface area contributed by atoms with Crippen LogP contribution in [0.1, 0.15) is 31.0 Å². The predicted molar refractivity (Wildman–Crippen MR) is 132 cm³/mol. The van der Waals surface area contributed by atoms with Gasteiger partial charge in [0.05, 0.1) is 16.2 Å². The number of sulfonamides is 1. The van der Waals surface area contributed by atoms with Crippen molar-refractivity contribution < 1.29 is 17.5 Å². The minimum Gasteiger partial charge on any atom is -0.438 e. The van der Waals surface area contributed by atoms with Crippen LogP contribution < -0.4 is 9.64 Å². The van der Waals surface area contributed by atoms with Crippen LogP contribution in [0, 0.1) is 11.7 Å². The summed E-state index contributed by atoms with van der Waals surface area (Å²) in [6.45, 7) is 4.26. The molecule has 2 aromatic carbocycles. The van der Waals surface area contributed by atoms with Crippen LogP contribution in [-0.2, 0) is 23.0 Å². The fourth-order valence-corrected chi connectivity index (χ4v) is 5.92. The third kappa shape index (κ3) is 5.12. The summed E-state index contributed by atoms with van der Waals surface area (Å²) < 4.78 is 47.9. The molecule has 0 spiro atoms. The van der Waals surface area contributed by atoms with Gasteiger partial charge in [0.25, 0.3) is 0 Å². The highest BCUT2D eigenvalue weighted by Crippen LogP contribution is 2.34. The van der Waals surface area contributed by atoms with E-state index in [4.69, 9.17) is 26.3 Å². The predicted octanol–water partition coefficient (Wildman–Crippen LogP) is 5.04. The SMILES string of the molecule is CC1CCN(c2nc3c(c(Oc4cccc(F)c4)n2)CN(S(=O)(=O)c2ccc(Cl)cc2)CC3)CC1. The molecule has 2 aliphatic rings. The maximum atomic E-state index is 13.8. The molecule has 7 nitrogen and oxygen atoms in total. The van der Waals surface area contributed by atoms with Gasteiger partial charge in [-0.25, -0.2) is 17.8 Å². The van der Waals surface area contributed by atoms with Gasteiger partial charge in [0, 0.05) is 43.7 Å². The van der Waals surface area contributed by atoms with Crippen molar-refractivity contribution in [2.75, 3.05) is 24.5 Å². The second-order valence-corrected chi connectivity index (χ2v) is 11.4. The molecule has 2 aliphatic heterocycles. The molecule has 1 saturated heterocycles. The Bertz CT molecular complexity index is 1330. The van der Waals surface area contributed by atoms with Crippen molar-refractivity contribution in [1.29, 1.82) is 0 Å². The lowest BCUT2D eigenvalue weighted by atomic mass is 9.99. The van der Waals surface area contributed by atoms with Crippen LogP contribution in [0.25, 0.3) is 0 Å². The van der Waals surface area contributed by atoms with Crippen LogP contribution in [0.3, 0.4) is 0 Å². The zero-order chi connectivity index (χ0) is 24.6. The zero-order valence-electron chi connectivity index (χ0n) is 19.3. The van der Waals surface area contributed by atoms with Crippen LogP contribution >= 0.6 is 11.6 Å². The zero-order valence-corrected chi connectivity index (χ0v) is 20.9. The largest absolute Gasteiger partial charge is 0.438 e. The third-order valence-electron chi connectivity index (χ3n) is 6.50. The van der Waals surface area contributed by atoms with Crippen molar-refractivity contribution >= 4 is 27.6 Å². The van der Waals surface area contributed by atoms with E-state index in [2.05, 4.69) is 11.8 Å². The molecule has 0 bridgehead atoms. The van der Waals surface area contributed by atoms with Gasteiger partial charge >= 0.3 is 0 Å². The number of hydrogen-bond donors (Lipinski definition) is 0. The van der Waals surface area contributed by atoms with E-state index >= 15 is 0 Å². The molecule has 0 atom stereocenters. The highest BCUT2D eigenvalue weighted by Gasteiger charge is 2.33. The van der Waals surface area contributed by atoms with Gasteiger partial charge in [-0.3, -0.25) is 0 Å². The molecule has 0 saturated carbocycles. The molecule has 0 unspecified atom stereocenters. The highest BCUT2D eigenvalue weighted by molar-refractivity contribution is 7.89. The molecular formula is C25H26ClFN4O3S. The van der Waals surface area contributed by atoms with Crippen LogP contribution in [0.15, 0.2) is 53.4 Å². The van der Waals surface area contributed by atoms with E-state index in [1.165, 1.54) is 28.6 Å². The summed E-state index contributed by atoms with van der Waals surface area (Å²) >= 11 is 5.94. The minimum atomic E-state index is -3.76. The summed E-state index contributed by atoms with van der Waals surface area (Å²) in [6, 6.07) is 11.9. The average molecular weight is 517 g/mol. The first-order chi connectivity index (χ1) is 16.8. The van der Waals surface area contributed by atoms with E-state index in [0.717, 1.165) is 31.6 Å². The molecule has 0 radical (unpaired) electrons. The lowest BCUT2D eigenvalue weighted by Gasteiger charge is -2.33. The van der Waals surface area contributed by atoms with Crippen molar-refractivity contribution in [3.8, 4) is 11.6 Å². The Morgan fingerprint density at radius 2 is 1.80 bits per heavy atom. The lowest BCUT2D eigenvalue weighted by Crippen LogP contribution is -2.38. The molecular weight excluding hydrogens is 491 g/mol. The molecule has 10 heteroatoms. The lowest BCUT2D eigenvalue weighted by molar-refractivity contribution is 0.367. The van der Waals surface area contributed by atoms with Gasteiger partial charge < -0.3 is 9.64 Å². The number of halogens is 2. The Morgan fingerprint density at radius 3 is 2.51 bits per heavy atom. The Hall–Kier alpha value is -2.75. The van der Waals surface area contributed by atoms with Crippen molar-refractivity contribution in [3.05, 3.63) is 70.6 Å². The van der Waals surface area contributed by atoms with E-state index in [-0.39, 0.29) is 23.9 Å². The smallest absolute Gasteiger partial charge is 0.243 e. The van der Waals surface area contributed by atoms with Crippen molar-refractivity contribution in [3.63, 3.8) is 0 Å². The van der Waals surface area contributed by atoms with E-state index in [9.17, 15) is 12.8 Å². The Balaban J connectivity index is 1.51. The van der Waals surface area contributed by atoms with Gasteiger partial charge in [-0.05, 0) is 55.2 Å². The monoisotopic (exact) mass is 516 g/mol. The molecule has 3 heterocycles. The van der Waals surface area contributed by atoms with E-state index in [1.54, 1.807) is 24.3 Å². The molecule has 3 aromatic rings. The van der Waals surface area contributed by atoms with Crippen LogP contribution in [0.5, 0.6) is 11.6 Å². The van der Waals surface area contributed by atoms with Crippen LogP contribution in [-0.4, -0.2) is 42.3 Å². The number of hydrogen-bond acceptors (Lipinski definition) is 6. The summed E-state index contributed by atoms with van der Waals surface area (Å²) in [4.78, 5) is 11.8. The Labute approximate surface area is 209 Å². The summed E-state index contributed by atoms with van der Waals surface area (Å²) in [7, 11) is -3.76. The quantitative estimate of drug-likeness (QED) is 0.472. The van der Waals surface area contributed by atoms with Crippen LogP contribution in [0.4, 0.5) is 10.3 Å². The van der Waals surface area contributed by atoms with E-state index < -0.39 is 15.8 Å². The number of nitrogens with zero attached hydrogens (tertiary/aromatic N) is 4. The second kappa shape index (κ2) is 9.72. The van der Waals surface area contributed by atoms with Gasteiger partial charge in [-0.2, -0.15) is 9.29 Å². The van der Waals surface area contributed by atoms with E-state index in [0.29, 0.717) is 34.6 Å². The number of ether oxygens (including phenoxy) is 1. The summed E-state index contributed by atoms with van der Waals surface area (Å²) in [6.07, 6.45) is 2.52. The molecule has 184 valence electrons. The molecule has 35 heavy (non-hydrogen) atoms. The fraction of sp³-hybridized carbons (Fsp3) is 0.360. The standard InChI is InChI=1S/C25H26ClFN4O3S/c1-17-9-12-30(13-10-17)25-28-23-11-14-31(35(32,33)21-7-5-18(26)6-8-21)16-22(23)24(29-25)34-20-4-2-3-19(27)15-20/h2-8,15,17H,9-14,16H2,1H3. The molecule has 0 aliphatic carbocycles. The Kier molecular flexibility index (Phi) is 6.65. The number of rotatable bonds is 5. The number of aromatic nitrogens is 2. The topological polar surface area (TPSA) is 75.6 Å². The molecule has 5 rings (SSSR count). The number of anilines is 1. The van der Waals surface area contributed by atoms with Gasteiger partial charge in [-0.1, -0.05) is 24.6 Å². The van der Waals surface area contributed by atoms with E-state index in [1.807, 2.05) is 0 Å². The minimum absolute atomic E-state index is 0.0578. The Morgan fingerprint density at radius 1 is 1.06 bits per heavy atom. The number of benzene rings is 2. The first kappa shape index (κ1) is 24.0. The third-order valence-corrected chi connectivity index (χ3v) is 8.62. The normalized spacial score (nSPS) is 17.3. The maximum absolute atomic E-state index is 13.8. The van der Waals surface area contributed by atoms with Gasteiger partial charge in [0.2, 0.25) is 21.9 Å².